The summed E-state index contributed by atoms with van der Waals surface area (Å²) < 4.78 is 1.95. The van der Waals surface area contributed by atoms with E-state index in [1.807, 2.05) is 6.07 Å². The summed E-state index contributed by atoms with van der Waals surface area (Å²) in [6.45, 7) is 3.11. The zero-order chi connectivity index (χ0) is 11.4. The predicted octanol–water partition coefficient (Wildman–Crippen LogP) is 2.97. The second-order valence-electron chi connectivity index (χ2n) is 3.79. The fourth-order valence-electron chi connectivity index (χ4n) is 1.35. The number of rotatable bonds is 4. The number of anilines is 1. The SMILES string of the molecule is CC(CN(C)C)Nc1ncc(Br)cc1Br. The van der Waals surface area contributed by atoms with E-state index in [0.29, 0.717) is 6.04 Å². The van der Waals surface area contributed by atoms with Gasteiger partial charge in [-0.25, -0.2) is 4.98 Å². The first-order chi connectivity index (χ1) is 6.99. The molecule has 1 N–H and O–H groups in total. The Balaban J connectivity index is 2.64. The Morgan fingerprint density at radius 2 is 2.13 bits per heavy atom. The van der Waals surface area contributed by atoms with Crippen molar-refractivity contribution in [3.05, 3.63) is 21.2 Å². The van der Waals surface area contributed by atoms with Gasteiger partial charge in [-0.15, -0.1) is 0 Å². The topological polar surface area (TPSA) is 28.2 Å². The van der Waals surface area contributed by atoms with Crippen molar-refractivity contribution in [3.8, 4) is 0 Å². The maximum atomic E-state index is 4.30. The van der Waals surface area contributed by atoms with E-state index in [2.05, 4.69) is 68.1 Å². The van der Waals surface area contributed by atoms with Crippen molar-refractivity contribution in [2.75, 3.05) is 26.0 Å². The lowest BCUT2D eigenvalue weighted by Gasteiger charge is -2.19. The maximum Gasteiger partial charge on any atom is 0.140 e. The molecule has 1 atom stereocenters. The average molecular weight is 337 g/mol. The van der Waals surface area contributed by atoms with Crippen molar-refractivity contribution in [3.63, 3.8) is 0 Å². The molecule has 0 radical (unpaired) electrons. The van der Waals surface area contributed by atoms with E-state index in [1.165, 1.54) is 0 Å². The van der Waals surface area contributed by atoms with Crippen molar-refractivity contribution in [2.45, 2.75) is 13.0 Å². The number of hydrogen-bond acceptors (Lipinski definition) is 3. The molecule has 1 heterocycles. The summed E-state index contributed by atoms with van der Waals surface area (Å²) in [5.74, 6) is 0.882. The van der Waals surface area contributed by atoms with E-state index in [9.17, 15) is 0 Å². The Kier molecular flexibility index (Phi) is 5.02. The van der Waals surface area contributed by atoms with Crippen LogP contribution in [0.15, 0.2) is 21.2 Å². The number of halogens is 2. The molecule has 1 aromatic heterocycles. The Bertz CT molecular complexity index is 328. The number of aromatic nitrogens is 1. The molecule has 0 aliphatic heterocycles. The molecule has 84 valence electrons. The first-order valence-corrected chi connectivity index (χ1v) is 6.30. The van der Waals surface area contributed by atoms with Crippen LogP contribution in [0.25, 0.3) is 0 Å². The molecule has 0 spiro atoms. The second kappa shape index (κ2) is 5.82. The molecule has 0 amide bonds. The summed E-state index contributed by atoms with van der Waals surface area (Å²) in [4.78, 5) is 6.44. The highest BCUT2D eigenvalue weighted by Gasteiger charge is 2.07. The Morgan fingerprint density at radius 3 is 2.67 bits per heavy atom. The molecule has 0 bridgehead atoms. The lowest BCUT2D eigenvalue weighted by Crippen LogP contribution is -2.30. The van der Waals surface area contributed by atoms with Crippen LogP contribution in [-0.4, -0.2) is 36.6 Å². The third kappa shape index (κ3) is 4.49. The smallest absolute Gasteiger partial charge is 0.140 e. The number of nitrogens with zero attached hydrogens (tertiary/aromatic N) is 2. The van der Waals surface area contributed by atoms with Crippen LogP contribution < -0.4 is 5.32 Å². The van der Waals surface area contributed by atoms with Gasteiger partial charge in [0.1, 0.15) is 5.82 Å². The van der Waals surface area contributed by atoms with Gasteiger partial charge in [0, 0.05) is 23.3 Å². The van der Waals surface area contributed by atoms with E-state index in [0.717, 1.165) is 21.3 Å². The Labute approximate surface area is 108 Å². The number of nitrogens with one attached hydrogen (secondary N) is 1. The van der Waals surface area contributed by atoms with Gasteiger partial charge in [-0.05, 0) is 58.9 Å². The molecular formula is C10H15Br2N3. The van der Waals surface area contributed by atoms with Crippen molar-refractivity contribution >= 4 is 37.7 Å². The van der Waals surface area contributed by atoms with E-state index in [-0.39, 0.29) is 0 Å². The van der Waals surface area contributed by atoms with Gasteiger partial charge in [0.05, 0.1) is 4.47 Å². The first kappa shape index (κ1) is 12.9. The Morgan fingerprint density at radius 1 is 1.47 bits per heavy atom. The minimum Gasteiger partial charge on any atom is -0.365 e. The second-order valence-corrected chi connectivity index (χ2v) is 5.56. The van der Waals surface area contributed by atoms with Crippen LogP contribution in [0.2, 0.25) is 0 Å². The van der Waals surface area contributed by atoms with Gasteiger partial charge in [-0.1, -0.05) is 0 Å². The minimum absolute atomic E-state index is 0.366. The molecule has 1 unspecified atom stereocenters. The zero-order valence-electron chi connectivity index (χ0n) is 9.09. The molecule has 0 fully saturated rings. The van der Waals surface area contributed by atoms with E-state index >= 15 is 0 Å². The molecule has 1 aromatic rings. The van der Waals surface area contributed by atoms with Crippen LogP contribution >= 0.6 is 31.9 Å². The maximum absolute atomic E-state index is 4.30. The minimum atomic E-state index is 0.366. The van der Waals surface area contributed by atoms with Crippen LogP contribution in [0.4, 0.5) is 5.82 Å². The number of likely N-dealkylation sites (N-methyl/N-ethyl adjacent to an activating group) is 1. The number of hydrogen-bond donors (Lipinski definition) is 1. The van der Waals surface area contributed by atoms with Gasteiger partial charge in [-0.3, -0.25) is 0 Å². The molecule has 0 aliphatic rings. The van der Waals surface area contributed by atoms with Crippen molar-refractivity contribution < 1.29 is 0 Å². The van der Waals surface area contributed by atoms with Crippen LogP contribution in [0.1, 0.15) is 6.92 Å². The van der Waals surface area contributed by atoms with Crippen LogP contribution in [-0.2, 0) is 0 Å². The molecule has 0 aromatic carbocycles. The fourth-order valence-corrected chi connectivity index (χ4v) is 2.45. The van der Waals surface area contributed by atoms with Gasteiger partial charge in [0.25, 0.3) is 0 Å². The lowest BCUT2D eigenvalue weighted by atomic mass is 10.3. The van der Waals surface area contributed by atoms with Gasteiger partial charge >= 0.3 is 0 Å². The highest BCUT2D eigenvalue weighted by Crippen LogP contribution is 2.23. The van der Waals surface area contributed by atoms with Crippen molar-refractivity contribution in [1.29, 1.82) is 0 Å². The third-order valence-corrected chi connectivity index (χ3v) is 2.87. The summed E-state index contributed by atoms with van der Waals surface area (Å²) in [6, 6.07) is 2.35. The lowest BCUT2D eigenvalue weighted by molar-refractivity contribution is 0.392. The zero-order valence-corrected chi connectivity index (χ0v) is 12.3. The van der Waals surface area contributed by atoms with Crippen LogP contribution in [0.3, 0.4) is 0 Å². The summed E-state index contributed by atoms with van der Waals surface area (Å²) in [6.07, 6.45) is 1.79. The van der Waals surface area contributed by atoms with E-state index in [1.54, 1.807) is 6.20 Å². The highest BCUT2D eigenvalue weighted by atomic mass is 79.9. The standard InChI is InChI=1S/C10H15Br2N3/c1-7(6-15(2)3)14-10-9(12)4-8(11)5-13-10/h4-5,7H,6H2,1-3H3,(H,13,14). The quantitative estimate of drug-likeness (QED) is 0.916. The molecule has 0 aliphatic carbocycles. The molecule has 15 heavy (non-hydrogen) atoms. The third-order valence-electron chi connectivity index (χ3n) is 1.83. The molecular weight excluding hydrogens is 322 g/mol. The van der Waals surface area contributed by atoms with Crippen LogP contribution in [0, 0.1) is 0 Å². The fraction of sp³-hybridized carbons (Fsp3) is 0.500. The molecule has 5 heteroatoms. The summed E-state index contributed by atoms with van der Waals surface area (Å²) in [5.41, 5.74) is 0. The van der Waals surface area contributed by atoms with Gasteiger partial charge in [0.2, 0.25) is 0 Å². The summed E-state index contributed by atoms with van der Waals surface area (Å²) in [5, 5.41) is 3.35. The first-order valence-electron chi connectivity index (χ1n) is 4.71. The van der Waals surface area contributed by atoms with Crippen molar-refractivity contribution in [1.82, 2.24) is 9.88 Å². The predicted molar refractivity (Wildman–Crippen MR) is 71.3 cm³/mol. The molecule has 0 saturated heterocycles. The largest absolute Gasteiger partial charge is 0.365 e. The summed E-state index contributed by atoms with van der Waals surface area (Å²) >= 11 is 6.85. The highest BCUT2D eigenvalue weighted by molar-refractivity contribution is 9.11. The van der Waals surface area contributed by atoms with Gasteiger partial charge in [-0.2, -0.15) is 0 Å². The van der Waals surface area contributed by atoms with Gasteiger partial charge in [0.15, 0.2) is 0 Å². The molecule has 3 nitrogen and oxygen atoms in total. The van der Waals surface area contributed by atoms with E-state index < -0.39 is 0 Å². The normalized spacial score (nSPS) is 12.9. The average Bonchev–Trinajstić information content (AvgIpc) is 2.08. The Hall–Kier alpha value is -0.130. The van der Waals surface area contributed by atoms with Crippen molar-refractivity contribution in [2.24, 2.45) is 0 Å². The van der Waals surface area contributed by atoms with Gasteiger partial charge < -0.3 is 10.2 Å². The van der Waals surface area contributed by atoms with Crippen LogP contribution in [0.5, 0.6) is 0 Å². The molecule has 1 rings (SSSR count). The monoisotopic (exact) mass is 335 g/mol. The number of pyridine rings is 1. The van der Waals surface area contributed by atoms with E-state index in [4.69, 9.17) is 0 Å². The summed E-state index contributed by atoms with van der Waals surface area (Å²) in [7, 11) is 4.12. The molecule has 0 saturated carbocycles.